The zero-order valence-electron chi connectivity index (χ0n) is 18.9. The van der Waals surface area contributed by atoms with Gasteiger partial charge in [-0.2, -0.15) is 26.3 Å². The van der Waals surface area contributed by atoms with Crippen LogP contribution in [-0.4, -0.2) is 41.9 Å². The Labute approximate surface area is 206 Å². The lowest BCUT2D eigenvalue weighted by atomic mass is 9.83. The van der Waals surface area contributed by atoms with Crippen LogP contribution in [0, 0.1) is 5.92 Å². The normalized spacial score (nSPS) is 21.8. The van der Waals surface area contributed by atoms with Crippen LogP contribution >= 0.6 is 11.6 Å². The van der Waals surface area contributed by atoms with E-state index in [9.17, 15) is 31.1 Å². The number of nitrogens with zero attached hydrogens (tertiary/aromatic N) is 2. The highest BCUT2D eigenvalue weighted by Gasteiger charge is 2.54. The van der Waals surface area contributed by atoms with Crippen molar-refractivity contribution in [2.45, 2.75) is 43.9 Å². The Kier molecular flexibility index (Phi) is 6.51. The standard InChI is InChI=1S/C24H20ClF7N2O2/c1-12(2)21(35)34-10-22(26,11-34)15-5-3-13(4-6-15)19-18(20(36-33-19)24(30,31)32)14-7-16(23(27,28)29)9-17(25)8-14/h3-9,12,18,20H,10-11H2,1-2H3. The molecule has 4 rings (SSSR count). The second-order valence-electron chi connectivity index (χ2n) is 9.18. The Morgan fingerprint density at radius 1 is 1.08 bits per heavy atom. The van der Waals surface area contributed by atoms with Crippen LogP contribution in [-0.2, 0) is 21.5 Å². The van der Waals surface area contributed by atoms with Crippen molar-refractivity contribution in [1.82, 2.24) is 4.90 Å². The minimum atomic E-state index is -4.95. The highest BCUT2D eigenvalue weighted by molar-refractivity contribution is 6.30. The van der Waals surface area contributed by atoms with E-state index < -0.39 is 40.6 Å². The number of amides is 1. The van der Waals surface area contributed by atoms with Crippen LogP contribution in [0.25, 0.3) is 0 Å². The Hall–Kier alpha value is -2.82. The van der Waals surface area contributed by atoms with Crippen molar-refractivity contribution in [1.29, 1.82) is 0 Å². The van der Waals surface area contributed by atoms with Crippen molar-refractivity contribution in [3.05, 3.63) is 69.7 Å². The van der Waals surface area contributed by atoms with Crippen molar-refractivity contribution in [3.63, 3.8) is 0 Å². The summed E-state index contributed by atoms with van der Waals surface area (Å²) in [5.41, 5.74) is -3.35. The van der Waals surface area contributed by atoms with Gasteiger partial charge < -0.3 is 9.74 Å². The quantitative estimate of drug-likeness (QED) is 0.420. The van der Waals surface area contributed by atoms with E-state index in [1.807, 2.05) is 0 Å². The van der Waals surface area contributed by atoms with E-state index in [0.29, 0.717) is 12.1 Å². The molecule has 2 aromatic rings. The van der Waals surface area contributed by atoms with Gasteiger partial charge in [0, 0.05) is 16.5 Å². The third kappa shape index (κ3) is 4.89. The number of carbonyl (C=O) groups is 1. The molecule has 2 atom stereocenters. The Morgan fingerprint density at radius 3 is 2.22 bits per heavy atom. The van der Waals surface area contributed by atoms with Gasteiger partial charge in [-0.15, -0.1) is 0 Å². The second-order valence-corrected chi connectivity index (χ2v) is 9.62. The van der Waals surface area contributed by atoms with Crippen molar-refractivity contribution >= 4 is 23.2 Å². The molecule has 2 aromatic carbocycles. The minimum absolute atomic E-state index is 0.113. The zero-order valence-corrected chi connectivity index (χ0v) is 19.7. The molecule has 2 heterocycles. The van der Waals surface area contributed by atoms with Crippen LogP contribution in [0.5, 0.6) is 0 Å². The number of hydrogen-bond donors (Lipinski definition) is 0. The number of benzene rings is 2. The molecule has 2 aliphatic heterocycles. The van der Waals surface area contributed by atoms with E-state index in [0.717, 1.165) is 6.07 Å². The van der Waals surface area contributed by atoms with Crippen LogP contribution in [0.4, 0.5) is 30.7 Å². The van der Waals surface area contributed by atoms with E-state index in [-0.39, 0.29) is 47.3 Å². The molecule has 0 aromatic heterocycles. The molecule has 36 heavy (non-hydrogen) atoms. The number of hydrogen-bond acceptors (Lipinski definition) is 3. The van der Waals surface area contributed by atoms with Gasteiger partial charge in [0.1, 0.15) is 0 Å². The molecule has 0 bridgehead atoms. The van der Waals surface area contributed by atoms with Crippen LogP contribution in [0.3, 0.4) is 0 Å². The van der Waals surface area contributed by atoms with E-state index in [2.05, 4.69) is 9.99 Å². The molecular weight excluding hydrogens is 517 g/mol. The summed E-state index contributed by atoms with van der Waals surface area (Å²) in [6.45, 7) is 3.08. The van der Waals surface area contributed by atoms with Gasteiger partial charge in [-0.1, -0.05) is 54.9 Å². The molecule has 1 amide bonds. The fraction of sp³-hybridized carbons (Fsp3) is 0.417. The summed E-state index contributed by atoms with van der Waals surface area (Å²) in [4.78, 5) is 18.0. The summed E-state index contributed by atoms with van der Waals surface area (Å²) in [6.07, 6.45) is -12.3. The first-order valence-electron chi connectivity index (χ1n) is 10.9. The van der Waals surface area contributed by atoms with Crippen LogP contribution in [0.1, 0.15) is 42.0 Å². The molecule has 12 heteroatoms. The Balaban J connectivity index is 1.65. The Morgan fingerprint density at radius 2 is 1.69 bits per heavy atom. The third-order valence-electron chi connectivity index (χ3n) is 6.18. The van der Waals surface area contributed by atoms with Gasteiger partial charge in [-0.3, -0.25) is 4.79 Å². The third-order valence-corrected chi connectivity index (χ3v) is 6.40. The number of halogens is 8. The highest BCUT2D eigenvalue weighted by atomic mass is 35.5. The molecule has 0 aliphatic carbocycles. The smallest absolute Gasteiger partial charge is 0.381 e. The summed E-state index contributed by atoms with van der Waals surface area (Å²) in [5, 5.41) is 3.14. The average Bonchev–Trinajstić information content (AvgIpc) is 3.21. The summed E-state index contributed by atoms with van der Waals surface area (Å²) >= 11 is 5.81. The van der Waals surface area contributed by atoms with Crippen LogP contribution in [0.2, 0.25) is 5.02 Å². The van der Waals surface area contributed by atoms with Gasteiger partial charge >= 0.3 is 12.4 Å². The number of oxime groups is 1. The molecule has 0 N–H and O–H groups in total. The van der Waals surface area contributed by atoms with Crippen molar-refractivity contribution in [2.75, 3.05) is 13.1 Å². The maximum Gasteiger partial charge on any atom is 0.429 e. The maximum atomic E-state index is 15.3. The number of rotatable bonds is 4. The number of likely N-dealkylation sites (tertiary alicyclic amines) is 1. The lowest BCUT2D eigenvalue weighted by molar-refractivity contribution is -0.216. The minimum Gasteiger partial charge on any atom is -0.381 e. The van der Waals surface area contributed by atoms with Gasteiger partial charge in [-0.25, -0.2) is 4.39 Å². The predicted molar refractivity (Wildman–Crippen MR) is 117 cm³/mol. The van der Waals surface area contributed by atoms with Crippen molar-refractivity contribution < 1.29 is 40.4 Å². The molecule has 1 saturated heterocycles. The zero-order chi connectivity index (χ0) is 26.6. The van der Waals surface area contributed by atoms with Gasteiger partial charge in [0.15, 0.2) is 5.67 Å². The largest absolute Gasteiger partial charge is 0.429 e. The fourth-order valence-electron chi connectivity index (χ4n) is 4.35. The van der Waals surface area contributed by atoms with Crippen molar-refractivity contribution in [3.8, 4) is 0 Å². The maximum absolute atomic E-state index is 15.3. The molecule has 194 valence electrons. The van der Waals surface area contributed by atoms with Gasteiger partial charge in [-0.05, 0) is 29.3 Å². The van der Waals surface area contributed by atoms with E-state index in [4.69, 9.17) is 11.6 Å². The van der Waals surface area contributed by atoms with Crippen LogP contribution < -0.4 is 0 Å². The molecule has 2 unspecified atom stereocenters. The van der Waals surface area contributed by atoms with E-state index >= 15 is 4.39 Å². The first-order chi connectivity index (χ1) is 16.6. The van der Waals surface area contributed by atoms with Gasteiger partial charge in [0.05, 0.1) is 30.3 Å². The first-order valence-corrected chi connectivity index (χ1v) is 11.2. The lowest BCUT2D eigenvalue weighted by Crippen LogP contribution is -2.59. The summed E-state index contributed by atoms with van der Waals surface area (Å²) in [5.74, 6) is -2.23. The number of alkyl halides is 7. The molecule has 4 nitrogen and oxygen atoms in total. The monoisotopic (exact) mass is 536 g/mol. The molecule has 0 saturated carbocycles. The van der Waals surface area contributed by atoms with Gasteiger partial charge in [0.25, 0.3) is 0 Å². The van der Waals surface area contributed by atoms with Gasteiger partial charge in [0.2, 0.25) is 12.0 Å². The van der Waals surface area contributed by atoms with Crippen LogP contribution in [0.15, 0.2) is 47.6 Å². The lowest BCUT2D eigenvalue weighted by Gasteiger charge is -2.45. The average molecular weight is 537 g/mol. The SMILES string of the molecule is CC(C)C(=O)N1CC(F)(c2ccc(C3=NOC(C(F)(F)F)C3c3cc(Cl)cc(C(F)(F)F)c3)cc2)C1. The number of carbonyl (C=O) groups excluding carboxylic acids is 1. The highest BCUT2D eigenvalue weighted by Crippen LogP contribution is 2.44. The second kappa shape index (κ2) is 8.93. The Bertz CT molecular complexity index is 1190. The molecule has 0 spiro atoms. The van der Waals surface area contributed by atoms with E-state index in [1.54, 1.807) is 13.8 Å². The molecular formula is C24H20ClF7N2O2. The first kappa shape index (κ1) is 26.2. The summed E-state index contributed by atoms with van der Waals surface area (Å²) in [7, 11) is 0. The molecule has 0 radical (unpaired) electrons. The molecule has 2 aliphatic rings. The summed E-state index contributed by atoms with van der Waals surface area (Å²) < 4.78 is 96.3. The van der Waals surface area contributed by atoms with Crippen molar-refractivity contribution in [2.24, 2.45) is 11.1 Å². The fourth-order valence-corrected chi connectivity index (χ4v) is 4.59. The predicted octanol–water partition coefficient (Wildman–Crippen LogP) is 6.47. The molecule has 1 fully saturated rings. The topological polar surface area (TPSA) is 41.9 Å². The summed E-state index contributed by atoms with van der Waals surface area (Å²) in [6, 6.07) is 7.56. The van der Waals surface area contributed by atoms with E-state index in [1.165, 1.54) is 29.2 Å².